The van der Waals surface area contributed by atoms with Gasteiger partial charge in [-0.25, -0.2) is 0 Å². The minimum absolute atomic E-state index is 0.109. The van der Waals surface area contributed by atoms with Gasteiger partial charge < -0.3 is 10.0 Å². The summed E-state index contributed by atoms with van der Waals surface area (Å²) in [4.78, 5) is 24.3. The number of hydrogen-bond acceptors (Lipinski definition) is 2. The van der Waals surface area contributed by atoms with E-state index in [9.17, 15) is 9.59 Å². The second-order valence-corrected chi connectivity index (χ2v) is 5.78. The molecule has 0 saturated heterocycles. The SMILES string of the molecule is CN1C(=O)Cc2cc(CCC(C)(C)C(=O)O)ccc21. The zero-order chi connectivity index (χ0) is 14.2. The highest BCUT2D eigenvalue weighted by Gasteiger charge is 2.27. The van der Waals surface area contributed by atoms with E-state index in [4.69, 9.17) is 5.11 Å². The fourth-order valence-corrected chi connectivity index (χ4v) is 2.24. The van der Waals surface area contributed by atoms with Gasteiger partial charge in [0.2, 0.25) is 5.91 Å². The standard InChI is InChI=1S/C15H19NO3/c1-15(2,14(18)19)7-6-10-4-5-12-11(8-10)9-13(17)16(12)3/h4-5,8H,6-7,9H2,1-3H3,(H,18,19). The van der Waals surface area contributed by atoms with Gasteiger partial charge in [-0.05, 0) is 43.9 Å². The van der Waals surface area contributed by atoms with Crippen LogP contribution in [0.3, 0.4) is 0 Å². The van der Waals surface area contributed by atoms with Gasteiger partial charge >= 0.3 is 5.97 Å². The predicted octanol–water partition coefficient (Wildman–Crippen LogP) is 2.25. The van der Waals surface area contributed by atoms with Crippen molar-refractivity contribution in [3.8, 4) is 0 Å². The van der Waals surface area contributed by atoms with Gasteiger partial charge in [0.1, 0.15) is 0 Å². The van der Waals surface area contributed by atoms with E-state index < -0.39 is 11.4 Å². The fourth-order valence-electron chi connectivity index (χ4n) is 2.24. The van der Waals surface area contributed by atoms with Crippen LogP contribution in [0, 0.1) is 5.41 Å². The molecule has 102 valence electrons. The van der Waals surface area contributed by atoms with Crippen LogP contribution in [0.15, 0.2) is 18.2 Å². The molecule has 1 aliphatic heterocycles. The zero-order valence-electron chi connectivity index (χ0n) is 11.6. The molecule has 1 aromatic carbocycles. The summed E-state index contributed by atoms with van der Waals surface area (Å²) in [6.45, 7) is 3.47. The molecule has 0 atom stereocenters. The maximum absolute atomic E-state index is 11.6. The number of fused-ring (bicyclic) bond motifs is 1. The third kappa shape index (κ3) is 2.62. The molecule has 1 aromatic rings. The number of rotatable bonds is 4. The molecule has 2 rings (SSSR count). The Balaban J connectivity index is 2.11. The number of carbonyl (C=O) groups is 2. The summed E-state index contributed by atoms with van der Waals surface area (Å²) in [5.41, 5.74) is 2.38. The van der Waals surface area contributed by atoms with Crippen molar-refractivity contribution in [1.29, 1.82) is 0 Å². The van der Waals surface area contributed by atoms with E-state index in [2.05, 4.69) is 0 Å². The first-order valence-corrected chi connectivity index (χ1v) is 6.43. The molecule has 0 spiro atoms. The Kier molecular flexibility index (Phi) is 3.35. The number of nitrogens with zero attached hydrogens (tertiary/aromatic N) is 1. The van der Waals surface area contributed by atoms with Crippen LogP contribution in [-0.2, 0) is 22.4 Å². The average molecular weight is 261 g/mol. The van der Waals surface area contributed by atoms with Crippen molar-refractivity contribution in [3.63, 3.8) is 0 Å². The van der Waals surface area contributed by atoms with Crippen molar-refractivity contribution >= 4 is 17.6 Å². The lowest BCUT2D eigenvalue weighted by molar-refractivity contribution is -0.147. The minimum Gasteiger partial charge on any atom is -0.481 e. The lowest BCUT2D eigenvalue weighted by atomic mass is 9.86. The van der Waals surface area contributed by atoms with E-state index in [0.29, 0.717) is 19.3 Å². The van der Waals surface area contributed by atoms with E-state index in [1.165, 1.54) is 0 Å². The van der Waals surface area contributed by atoms with Gasteiger partial charge in [0.25, 0.3) is 0 Å². The molecule has 1 aliphatic rings. The lowest BCUT2D eigenvalue weighted by Gasteiger charge is -2.19. The smallest absolute Gasteiger partial charge is 0.309 e. The number of carboxylic acids is 1. The first-order chi connectivity index (χ1) is 8.81. The van der Waals surface area contributed by atoms with Crippen LogP contribution in [0.4, 0.5) is 5.69 Å². The first-order valence-electron chi connectivity index (χ1n) is 6.43. The summed E-state index contributed by atoms with van der Waals surface area (Å²) in [7, 11) is 1.78. The van der Waals surface area contributed by atoms with Crippen LogP contribution in [-0.4, -0.2) is 24.0 Å². The topological polar surface area (TPSA) is 57.6 Å². The molecule has 4 heteroatoms. The van der Waals surface area contributed by atoms with Gasteiger partial charge in [-0.2, -0.15) is 0 Å². The second-order valence-electron chi connectivity index (χ2n) is 5.78. The summed E-state index contributed by atoms with van der Waals surface area (Å²) in [6, 6.07) is 5.95. The van der Waals surface area contributed by atoms with Crippen molar-refractivity contribution in [1.82, 2.24) is 0 Å². The molecule has 1 N–H and O–H groups in total. The fraction of sp³-hybridized carbons (Fsp3) is 0.467. The van der Waals surface area contributed by atoms with Crippen LogP contribution >= 0.6 is 0 Å². The summed E-state index contributed by atoms with van der Waals surface area (Å²) >= 11 is 0. The van der Waals surface area contributed by atoms with Crippen molar-refractivity contribution in [2.75, 3.05) is 11.9 Å². The van der Waals surface area contributed by atoms with Crippen LogP contribution in [0.5, 0.6) is 0 Å². The number of carboxylic acid groups (broad SMARTS) is 1. The minimum atomic E-state index is -0.774. The Labute approximate surface area is 113 Å². The van der Waals surface area contributed by atoms with Gasteiger partial charge in [0, 0.05) is 12.7 Å². The molecule has 0 radical (unpaired) electrons. The van der Waals surface area contributed by atoms with Crippen LogP contribution in [0.2, 0.25) is 0 Å². The zero-order valence-corrected chi connectivity index (χ0v) is 11.6. The number of likely N-dealkylation sites (N-methyl/N-ethyl adjacent to an activating group) is 1. The number of aryl methyl sites for hydroxylation is 1. The number of amides is 1. The maximum Gasteiger partial charge on any atom is 0.309 e. The van der Waals surface area contributed by atoms with E-state index in [0.717, 1.165) is 16.8 Å². The van der Waals surface area contributed by atoms with Crippen molar-refractivity contribution in [3.05, 3.63) is 29.3 Å². The molecule has 0 unspecified atom stereocenters. The van der Waals surface area contributed by atoms with E-state index >= 15 is 0 Å². The third-order valence-electron chi connectivity index (χ3n) is 3.84. The molecular formula is C15H19NO3. The molecule has 0 bridgehead atoms. The Morgan fingerprint density at radius 1 is 1.42 bits per heavy atom. The van der Waals surface area contributed by atoms with Gasteiger partial charge in [0.15, 0.2) is 0 Å². The van der Waals surface area contributed by atoms with Gasteiger partial charge in [-0.15, -0.1) is 0 Å². The molecule has 0 saturated carbocycles. The molecular weight excluding hydrogens is 242 g/mol. The lowest BCUT2D eigenvalue weighted by Crippen LogP contribution is -2.24. The highest BCUT2D eigenvalue weighted by Crippen LogP contribution is 2.30. The Hall–Kier alpha value is -1.84. The molecule has 1 heterocycles. The highest BCUT2D eigenvalue weighted by molar-refractivity contribution is 6.00. The van der Waals surface area contributed by atoms with Gasteiger partial charge in [0.05, 0.1) is 11.8 Å². The first kappa shape index (κ1) is 13.6. The van der Waals surface area contributed by atoms with Crippen LogP contribution < -0.4 is 4.90 Å². The summed E-state index contributed by atoms with van der Waals surface area (Å²) in [5, 5.41) is 9.09. The molecule has 1 amide bonds. The number of benzene rings is 1. The predicted molar refractivity (Wildman–Crippen MR) is 73.3 cm³/mol. The highest BCUT2D eigenvalue weighted by atomic mass is 16.4. The van der Waals surface area contributed by atoms with Crippen molar-refractivity contribution < 1.29 is 14.7 Å². The number of hydrogen-bond donors (Lipinski definition) is 1. The van der Waals surface area contributed by atoms with Crippen LogP contribution in [0.1, 0.15) is 31.4 Å². The Morgan fingerprint density at radius 2 is 2.11 bits per heavy atom. The van der Waals surface area contributed by atoms with Crippen molar-refractivity contribution in [2.45, 2.75) is 33.1 Å². The molecule has 0 aromatic heterocycles. The third-order valence-corrected chi connectivity index (χ3v) is 3.84. The van der Waals surface area contributed by atoms with E-state index in [-0.39, 0.29) is 5.91 Å². The Morgan fingerprint density at radius 3 is 2.74 bits per heavy atom. The van der Waals surface area contributed by atoms with Gasteiger partial charge in [-0.1, -0.05) is 12.1 Å². The molecule has 19 heavy (non-hydrogen) atoms. The largest absolute Gasteiger partial charge is 0.481 e. The molecule has 0 fully saturated rings. The van der Waals surface area contributed by atoms with E-state index in [1.54, 1.807) is 25.8 Å². The quantitative estimate of drug-likeness (QED) is 0.904. The Bertz CT molecular complexity index is 534. The number of anilines is 1. The molecule has 4 nitrogen and oxygen atoms in total. The normalized spacial score (nSPS) is 14.7. The van der Waals surface area contributed by atoms with Crippen LogP contribution in [0.25, 0.3) is 0 Å². The van der Waals surface area contributed by atoms with Gasteiger partial charge in [-0.3, -0.25) is 9.59 Å². The van der Waals surface area contributed by atoms with Crippen molar-refractivity contribution in [2.24, 2.45) is 5.41 Å². The summed E-state index contributed by atoms with van der Waals surface area (Å²) in [6.07, 6.45) is 1.75. The summed E-state index contributed by atoms with van der Waals surface area (Å²) < 4.78 is 0. The molecule has 0 aliphatic carbocycles. The monoisotopic (exact) mass is 261 g/mol. The maximum atomic E-state index is 11.6. The average Bonchev–Trinajstić information content (AvgIpc) is 2.62. The van der Waals surface area contributed by atoms with E-state index in [1.807, 2.05) is 18.2 Å². The summed E-state index contributed by atoms with van der Waals surface area (Å²) in [5.74, 6) is -0.665. The second kappa shape index (κ2) is 4.68. The number of aliphatic carboxylic acids is 1. The number of carbonyl (C=O) groups excluding carboxylic acids is 1.